The highest BCUT2D eigenvalue weighted by Crippen LogP contribution is 2.45. The number of rotatable bonds is 4. The summed E-state index contributed by atoms with van der Waals surface area (Å²) in [4.78, 5) is 46.7. The molecule has 3 aromatic rings. The quantitative estimate of drug-likeness (QED) is 0.592. The maximum absolute atomic E-state index is 13.9. The van der Waals surface area contributed by atoms with Crippen LogP contribution in [0.5, 0.6) is 0 Å². The summed E-state index contributed by atoms with van der Waals surface area (Å²) in [6.45, 7) is 5.72. The first-order chi connectivity index (χ1) is 15.7. The lowest BCUT2D eigenvalue weighted by Gasteiger charge is -2.36. The van der Waals surface area contributed by atoms with Gasteiger partial charge < -0.3 is 15.2 Å². The van der Waals surface area contributed by atoms with E-state index in [1.165, 1.54) is 24.3 Å². The van der Waals surface area contributed by atoms with Crippen LogP contribution in [-0.2, 0) is 21.5 Å². The number of carbonyl (C=O) groups is 3. The van der Waals surface area contributed by atoms with Crippen molar-refractivity contribution in [3.63, 3.8) is 0 Å². The van der Waals surface area contributed by atoms with Crippen LogP contribution in [0.4, 0.5) is 14.9 Å². The van der Waals surface area contributed by atoms with Crippen molar-refractivity contribution in [1.29, 1.82) is 0 Å². The Bertz CT molecular complexity index is 1280. The second-order valence-corrected chi connectivity index (χ2v) is 9.14. The Morgan fingerprint density at radius 1 is 1.12 bits per heavy atom. The smallest absolute Gasteiger partial charge is 0.328 e. The summed E-state index contributed by atoms with van der Waals surface area (Å²) in [6.07, 6.45) is 0.621. The minimum atomic E-state index is -1.22. The zero-order valence-corrected chi connectivity index (χ0v) is 18.7. The van der Waals surface area contributed by atoms with Crippen molar-refractivity contribution >= 4 is 34.4 Å². The van der Waals surface area contributed by atoms with E-state index in [0.29, 0.717) is 24.3 Å². The molecular weight excluding hydrogens is 423 g/mol. The third-order valence-electron chi connectivity index (χ3n) is 6.79. The number of fused-ring (bicyclic) bond motifs is 5. The number of anilines is 1. The van der Waals surface area contributed by atoms with Gasteiger partial charge >= 0.3 is 6.03 Å². The highest BCUT2D eigenvalue weighted by molar-refractivity contribution is 6.12. The van der Waals surface area contributed by atoms with E-state index in [2.05, 4.69) is 10.3 Å². The molecule has 0 bridgehead atoms. The molecule has 5 rings (SSSR count). The minimum Gasteiger partial charge on any atom is -0.356 e. The van der Waals surface area contributed by atoms with Gasteiger partial charge in [0.2, 0.25) is 5.91 Å². The fraction of sp³-hybridized carbons (Fsp3) is 0.320. The van der Waals surface area contributed by atoms with E-state index in [1.807, 2.05) is 24.3 Å². The molecule has 2 aliphatic rings. The van der Waals surface area contributed by atoms with Crippen LogP contribution in [0.2, 0.25) is 0 Å². The fourth-order valence-corrected chi connectivity index (χ4v) is 5.13. The lowest BCUT2D eigenvalue weighted by Crippen LogP contribution is -2.51. The molecule has 0 aliphatic carbocycles. The number of amides is 4. The zero-order chi connectivity index (χ0) is 23.5. The van der Waals surface area contributed by atoms with E-state index >= 15 is 0 Å². The fourth-order valence-electron chi connectivity index (χ4n) is 5.13. The van der Waals surface area contributed by atoms with Gasteiger partial charge in [0, 0.05) is 23.1 Å². The minimum absolute atomic E-state index is 0.328. The maximum Gasteiger partial charge on any atom is 0.328 e. The zero-order valence-electron chi connectivity index (χ0n) is 18.7. The van der Waals surface area contributed by atoms with Gasteiger partial charge in [0.05, 0.1) is 5.69 Å². The summed E-state index contributed by atoms with van der Waals surface area (Å²) < 4.78 is 13.3. The summed E-state index contributed by atoms with van der Waals surface area (Å²) in [5, 5.41) is 3.77. The molecule has 0 radical (unpaired) electrons. The Kier molecular flexibility index (Phi) is 4.77. The topological polar surface area (TPSA) is 85.5 Å². The molecule has 2 aliphatic heterocycles. The van der Waals surface area contributed by atoms with Gasteiger partial charge in [0.15, 0.2) is 5.54 Å². The molecule has 8 heteroatoms. The molecule has 1 saturated heterocycles. The number of benzene rings is 2. The number of halogens is 1. The molecule has 7 nitrogen and oxygen atoms in total. The molecular formula is C25H25FN4O3. The van der Waals surface area contributed by atoms with Crippen LogP contribution in [0.15, 0.2) is 48.5 Å². The van der Waals surface area contributed by atoms with E-state index in [1.54, 1.807) is 25.7 Å². The number of hydrogen-bond acceptors (Lipinski definition) is 3. The summed E-state index contributed by atoms with van der Waals surface area (Å²) >= 11 is 0. The second kappa shape index (κ2) is 7.43. The largest absolute Gasteiger partial charge is 0.356 e. The number of H-pyrrole nitrogens is 1. The Labute approximate surface area is 190 Å². The SMILES string of the molecule is CC(C)[C@@H](C(=O)Nc1ccc(F)cc1)N1C(=O)N2CCc3c([nH]c4ccccc34)[C@@]2(C)C1=O. The molecule has 4 amide bonds. The number of aromatic amines is 1. The average molecular weight is 448 g/mol. The molecule has 0 saturated carbocycles. The highest BCUT2D eigenvalue weighted by atomic mass is 19.1. The maximum atomic E-state index is 13.9. The molecule has 2 N–H and O–H groups in total. The monoisotopic (exact) mass is 448 g/mol. The van der Waals surface area contributed by atoms with Crippen LogP contribution >= 0.6 is 0 Å². The van der Waals surface area contributed by atoms with Crippen molar-refractivity contribution in [2.45, 2.75) is 38.8 Å². The summed E-state index contributed by atoms with van der Waals surface area (Å²) in [5.41, 5.74) is 1.83. The molecule has 0 spiro atoms. The normalized spacial score (nSPS) is 20.9. The van der Waals surface area contributed by atoms with Gasteiger partial charge in [-0.15, -0.1) is 0 Å². The van der Waals surface area contributed by atoms with Crippen LogP contribution in [0.25, 0.3) is 10.9 Å². The summed E-state index contributed by atoms with van der Waals surface area (Å²) in [6, 6.07) is 11.7. The number of hydrogen-bond donors (Lipinski definition) is 2. The Balaban J connectivity index is 1.53. The van der Waals surface area contributed by atoms with E-state index in [-0.39, 0.29) is 5.92 Å². The number of nitrogens with zero attached hydrogens (tertiary/aromatic N) is 2. The average Bonchev–Trinajstić information content (AvgIpc) is 3.25. The van der Waals surface area contributed by atoms with Crippen molar-refractivity contribution in [2.75, 3.05) is 11.9 Å². The van der Waals surface area contributed by atoms with Crippen molar-refractivity contribution < 1.29 is 18.8 Å². The molecule has 170 valence electrons. The van der Waals surface area contributed by atoms with E-state index in [0.717, 1.165) is 21.4 Å². The van der Waals surface area contributed by atoms with Crippen molar-refractivity contribution in [2.24, 2.45) is 5.92 Å². The first-order valence-electron chi connectivity index (χ1n) is 11.0. The highest BCUT2D eigenvalue weighted by Gasteiger charge is 2.61. The third-order valence-corrected chi connectivity index (χ3v) is 6.79. The van der Waals surface area contributed by atoms with Crippen LogP contribution in [0, 0.1) is 11.7 Å². The molecule has 1 aromatic heterocycles. The first kappa shape index (κ1) is 21.2. The molecule has 3 heterocycles. The first-order valence-corrected chi connectivity index (χ1v) is 11.0. The van der Waals surface area contributed by atoms with Gasteiger partial charge in [-0.2, -0.15) is 0 Å². The van der Waals surface area contributed by atoms with Crippen molar-refractivity contribution in [1.82, 2.24) is 14.8 Å². The van der Waals surface area contributed by atoms with Crippen molar-refractivity contribution in [3.05, 3.63) is 65.6 Å². The van der Waals surface area contributed by atoms with Crippen molar-refractivity contribution in [3.8, 4) is 0 Å². The number of imide groups is 1. The molecule has 0 unspecified atom stereocenters. The lowest BCUT2D eigenvalue weighted by molar-refractivity contribution is -0.139. The number of carbonyl (C=O) groups excluding carboxylic acids is 3. The number of aromatic nitrogens is 1. The van der Waals surface area contributed by atoms with Gasteiger partial charge in [-0.05, 0) is 55.2 Å². The van der Waals surface area contributed by atoms with E-state index in [9.17, 15) is 18.8 Å². The van der Waals surface area contributed by atoms with Crippen LogP contribution < -0.4 is 5.32 Å². The summed E-state index contributed by atoms with van der Waals surface area (Å²) in [5.74, 6) is -1.66. The van der Waals surface area contributed by atoms with Crippen LogP contribution in [0.1, 0.15) is 32.0 Å². The Morgan fingerprint density at radius 2 is 1.82 bits per heavy atom. The van der Waals surface area contributed by atoms with Gasteiger partial charge in [0.1, 0.15) is 11.9 Å². The van der Waals surface area contributed by atoms with Gasteiger partial charge in [-0.25, -0.2) is 14.1 Å². The van der Waals surface area contributed by atoms with Crippen LogP contribution in [0.3, 0.4) is 0 Å². The Morgan fingerprint density at radius 3 is 2.52 bits per heavy atom. The predicted molar refractivity (Wildman–Crippen MR) is 122 cm³/mol. The predicted octanol–water partition coefficient (Wildman–Crippen LogP) is 4.01. The van der Waals surface area contributed by atoms with Gasteiger partial charge in [-0.1, -0.05) is 32.0 Å². The molecule has 33 heavy (non-hydrogen) atoms. The van der Waals surface area contributed by atoms with E-state index < -0.39 is 35.2 Å². The van der Waals surface area contributed by atoms with Crippen LogP contribution in [-0.4, -0.2) is 45.2 Å². The second-order valence-electron chi connectivity index (χ2n) is 9.14. The van der Waals surface area contributed by atoms with E-state index in [4.69, 9.17) is 0 Å². The third kappa shape index (κ3) is 3.04. The summed E-state index contributed by atoms with van der Waals surface area (Å²) in [7, 11) is 0. The standard InChI is InChI=1S/C25H25FN4O3/c1-14(2)20(22(31)27-16-10-8-15(26)9-11-16)30-23(32)25(3)21-18(12-13-29(25)24(30)33)17-6-4-5-7-19(17)28-21/h4-11,14,20,28H,12-13H2,1-3H3,(H,27,31)/t20-,25-/m0/s1. The lowest BCUT2D eigenvalue weighted by atomic mass is 9.86. The molecule has 2 aromatic carbocycles. The number of para-hydroxylation sites is 1. The number of urea groups is 1. The molecule has 2 atom stereocenters. The van der Waals surface area contributed by atoms with Gasteiger partial charge in [-0.3, -0.25) is 9.59 Å². The number of nitrogens with one attached hydrogen (secondary N) is 2. The Hall–Kier alpha value is -3.68. The molecule has 1 fully saturated rings. The van der Waals surface area contributed by atoms with Gasteiger partial charge in [0.25, 0.3) is 5.91 Å².